The highest BCUT2D eigenvalue weighted by Crippen LogP contribution is 2.43. The van der Waals surface area contributed by atoms with E-state index in [1.807, 2.05) is 44.2 Å². The number of ether oxygens (including phenoxy) is 3. The fourth-order valence-electron chi connectivity index (χ4n) is 5.80. The standard InChI is InChI=1S/C34H46N2O6/c1-6-10-11-19-41-28-16-13-24(22-29(28)40-9-4)31-30(32(37)25-14-15-27-26(21-25)20-23(5)42-27)33(38)34(39)36(31)18-12-17-35(7-2)8-3/h13-16,21-23,31,37H,6-12,17-20H2,1-5H3/t23-,31+/m0/s1. The Bertz CT molecular complexity index is 1280. The van der Waals surface area contributed by atoms with E-state index in [9.17, 15) is 14.7 Å². The second-order valence-corrected chi connectivity index (χ2v) is 11.0. The summed E-state index contributed by atoms with van der Waals surface area (Å²) in [6, 6.07) is 10.2. The first kappa shape index (κ1) is 31.4. The lowest BCUT2D eigenvalue weighted by molar-refractivity contribution is -0.140. The van der Waals surface area contributed by atoms with Crippen molar-refractivity contribution in [1.29, 1.82) is 0 Å². The lowest BCUT2D eigenvalue weighted by Crippen LogP contribution is -2.33. The molecule has 0 saturated carbocycles. The lowest BCUT2D eigenvalue weighted by atomic mass is 9.94. The van der Waals surface area contributed by atoms with Gasteiger partial charge in [-0.2, -0.15) is 0 Å². The van der Waals surface area contributed by atoms with Crippen LogP contribution >= 0.6 is 0 Å². The largest absolute Gasteiger partial charge is 0.507 e. The third kappa shape index (κ3) is 6.92. The zero-order valence-corrected chi connectivity index (χ0v) is 25.8. The molecular weight excluding hydrogens is 532 g/mol. The van der Waals surface area contributed by atoms with Crippen LogP contribution in [-0.4, -0.2) is 72.1 Å². The first-order valence-electron chi connectivity index (χ1n) is 15.5. The summed E-state index contributed by atoms with van der Waals surface area (Å²) >= 11 is 0. The van der Waals surface area contributed by atoms with E-state index in [-0.39, 0.29) is 17.4 Å². The number of nitrogens with zero attached hydrogens (tertiary/aromatic N) is 2. The number of unbranched alkanes of at least 4 members (excludes halogenated alkanes) is 2. The highest BCUT2D eigenvalue weighted by atomic mass is 16.5. The van der Waals surface area contributed by atoms with Gasteiger partial charge in [0.25, 0.3) is 11.7 Å². The molecule has 0 aromatic heterocycles. The van der Waals surface area contributed by atoms with Gasteiger partial charge in [-0.05, 0) is 87.8 Å². The normalized spacial score (nSPS) is 19.3. The van der Waals surface area contributed by atoms with E-state index in [4.69, 9.17) is 14.2 Å². The Labute approximate surface area is 250 Å². The molecule has 0 bridgehead atoms. The van der Waals surface area contributed by atoms with Gasteiger partial charge in [-0.15, -0.1) is 0 Å². The zero-order chi connectivity index (χ0) is 30.2. The van der Waals surface area contributed by atoms with Crippen LogP contribution in [0.15, 0.2) is 42.0 Å². The van der Waals surface area contributed by atoms with Crippen molar-refractivity contribution in [3.63, 3.8) is 0 Å². The van der Waals surface area contributed by atoms with Crippen LogP contribution in [0.2, 0.25) is 0 Å². The highest BCUT2D eigenvalue weighted by Gasteiger charge is 2.46. The second kappa shape index (κ2) is 14.6. The summed E-state index contributed by atoms with van der Waals surface area (Å²) < 4.78 is 17.8. The number of amides is 1. The minimum atomic E-state index is -0.751. The van der Waals surface area contributed by atoms with Crippen LogP contribution in [0.4, 0.5) is 0 Å². The van der Waals surface area contributed by atoms with E-state index in [0.717, 1.165) is 56.6 Å². The van der Waals surface area contributed by atoms with E-state index in [2.05, 4.69) is 25.7 Å². The lowest BCUT2D eigenvalue weighted by Gasteiger charge is -2.27. The second-order valence-electron chi connectivity index (χ2n) is 11.0. The van der Waals surface area contributed by atoms with Gasteiger partial charge >= 0.3 is 0 Å². The summed E-state index contributed by atoms with van der Waals surface area (Å²) in [5.41, 5.74) is 2.26. The number of likely N-dealkylation sites (tertiary alicyclic amines) is 1. The van der Waals surface area contributed by atoms with Crippen LogP contribution in [0.1, 0.15) is 83.0 Å². The molecule has 0 spiro atoms. The smallest absolute Gasteiger partial charge is 0.295 e. The quantitative estimate of drug-likeness (QED) is 0.118. The Morgan fingerprint density at radius 3 is 2.50 bits per heavy atom. The Kier molecular flexibility index (Phi) is 10.9. The number of ketones is 1. The minimum absolute atomic E-state index is 0.0495. The van der Waals surface area contributed by atoms with E-state index < -0.39 is 17.7 Å². The molecule has 0 aliphatic carbocycles. The Morgan fingerprint density at radius 1 is 1.00 bits per heavy atom. The first-order valence-corrected chi connectivity index (χ1v) is 15.5. The molecule has 2 heterocycles. The van der Waals surface area contributed by atoms with Gasteiger partial charge in [-0.1, -0.05) is 39.7 Å². The number of hydrogen-bond acceptors (Lipinski definition) is 7. The van der Waals surface area contributed by atoms with Crippen molar-refractivity contribution in [1.82, 2.24) is 9.80 Å². The number of aliphatic hydroxyl groups is 1. The number of carbonyl (C=O) groups excluding carboxylic acids is 2. The summed E-state index contributed by atoms with van der Waals surface area (Å²) in [6.45, 7) is 14.3. The third-order valence-electron chi connectivity index (χ3n) is 8.07. The Balaban J connectivity index is 1.74. The number of Topliss-reactive ketones (excluding diaryl/α,β-unsaturated/α-hetero) is 1. The molecular formula is C34H46N2O6. The molecule has 2 aromatic rings. The maximum Gasteiger partial charge on any atom is 0.295 e. The fraction of sp³-hybridized carbons (Fsp3) is 0.529. The van der Waals surface area contributed by atoms with Gasteiger partial charge < -0.3 is 29.1 Å². The van der Waals surface area contributed by atoms with E-state index >= 15 is 0 Å². The molecule has 0 radical (unpaired) electrons. The number of aliphatic hydroxyl groups excluding tert-OH is 1. The van der Waals surface area contributed by atoms with Gasteiger partial charge in [-0.25, -0.2) is 0 Å². The Hall–Kier alpha value is -3.52. The van der Waals surface area contributed by atoms with Gasteiger partial charge in [0.1, 0.15) is 17.6 Å². The summed E-state index contributed by atoms with van der Waals surface area (Å²) in [7, 11) is 0. The number of carbonyl (C=O) groups is 2. The summed E-state index contributed by atoms with van der Waals surface area (Å²) in [4.78, 5) is 31.0. The average Bonchev–Trinajstić information content (AvgIpc) is 3.48. The molecule has 1 N–H and O–H groups in total. The van der Waals surface area contributed by atoms with Gasteiger partial charge in [0.05, 0.1) is 24.8 Å². The SMILES string of the molecule is CCCCCOc1ccc([C@@H]2C(=C(O)c3ccc4c(c3)C[C@H](C)O4)C(=O)C(=O)N2CCCN(CC)CC)cc1OCC. The molecule has 4 rings (SSSR count). The predicted molar refractivity (Wildman–Crippen MR) is 164 cm³/mol. The average molecular weight is 579 g/mol. The number of hydrogen-bond donors (Lipinski definition) is 1. The number of rotatable bonds is 15. The summed E-state index contributed by atoms with van der Waals surface area (Å²) in [5, 5.41) is 11.6. The van der Waals surface area contributed by atoms with Crippen molar-refractivity contribution < 1.29 is 28.9 Å². The topological polar surface area (TPSA) is 88.5 Å². The first-order chi connectivity index (χ1) is 20.3. The molecule has 2 aliphatic heterocycles. The molecule has 2 atom stereocenters. The molecule has 228 valence electrons. The van der Waals surface area contributed by atoms with Gasteiger partial charge in [-0.3, -0.25) is 9.59 Å². The highest BCUT2D eigenvalue weighted by molar-refractivity contribution is 6.46. The number of benzene rings is 2. The van der Waals surface area contributed by atoms with Crippen molar-refractivity contribution in [2.24, 2.45) is 0 Å². The fourth-order valence-corrected chi connectivity index (χ4v) is 5.80. The van der Waals surface area contributed by atoms with Crippen LogP contribution in [0.3, 0.4) is 0 Å². The Morgan fingerprint density at radius 2 is 1.79 bits per heavy atom. The van der Waals surface area contributed by atoms with Crippen molar-refractivity contribution in [3.05, 3.63) is 58.7 Å². The molecule has 1 saturated heterocycles. The van der Waals surface area contributed by atoms with Gasteiger partial charge in [0.15, 0.2) is 11.5 Å². The van der Waals surface area contributed by atoms with Crippen molar-refractivity contribution >= 4 is 17.4 Å². The maximum absolute atomic E-state index is 13.6. The minimum Gasteiger partial charge on any atom is -0.507 e. The summed E-state index contributed by atoms with van der Waals surface area (Å²) in [6.07, 6.45) is 4.60. The van der Waals surface area contributed by atoms with E-state index in [1.165, 1.54) is 0 Å². The zero-order valence-electron chi connectivity index (χ0n) is 25.8. The van der Waals surface area contributed by atoms with E-state index in [1.54, 1.807) is 11.0 Å². The third-order valence-corrected chi connectivity index (χ3v) is 8.07. The number of fused-ring (bicyclic) bond motifs is 1. The molecule has 1 amide bonds. The molecule has 1 fully saturated rings. The van der Waals surface area contributed by atoms with Crippen LogP contribution in [0, 0.1) is 0 Å². The predicted octanol–water partition coefficient (Wildman–Crippen LogP) is 6.13. The van der Waals surface area contributed by atoms with Gasteiger partial charge in [0, 0.05) is 18.5 Å². The molecule has 2 aliphatic rings. The monoisotopic (exact) mass is 578 g/mol. The molecule has 8 heteroatoms. The van der Waals surface area contributed by atoms with Crippen LogP contribution < -0.4 is 14.2 Å². The molecule has 2 aromatic carbocycles. The molecule has 0 unspecified atom stereocenters. The maximum atomic E-state index is 13.6. The van der Waals surface area contributed by atoms with Crippen molar-refractivity contribution in [3.8, 4) is 17.2 Å². The van der Waals surface area contributed by atoms with Crippen LogP contribution in [0.5, 0.6) is 17.2 Å². The van der Waals surface area contributed by atoms with Crippen LogP contribution in [0.25, 0.3) is 5.76 Å². The van der Waals surface area contributed by atoms with Crippen LogP contribution in [-0.2, 0) is 16.0 Å². The van der Waals surface area contributed by atoms with Crippen molar-refractivity contribution in [2.75, 3.05) is 39.4 Å². The molecule has 42 heavy (non-hydrogen) atoms. The van der Waals surface area contributed by atoms with E-state index in [0.29, 0.717) is 48.8 Å². The molecule has 8 nitrogen and oxygen atoms in total. The van der Waals surface area contributed by atoms with Gasteiger partial charge in [0.2, 0.25) is 0 Å². The summed E-state index contributed by atoms with van der Waals surface area (Å²) in [5.74, 6) is 0.514. The van der Waals surface area contributed by atoms with Crippen molar-refractivity contribution in [2.45, 2.75) is 78.9 Å².